The predicted octanol–water partition coefficient (Wildman–Crippen LogP) is 2.63. The lowest BCUT2D eigenvalue weighted by Gasteiger charge is -2.41. The maximum atomic E-state index is 13.9. The normalized spacial score (nSPS) is 20.3. The van der Waals surface area contributed by atoms with Crippen molar-refractivity contribution < 1.29 is 19.1 Å². The van der Waals surface area contributed by atoms with Crippen molar-refractivity contribution in [3.05, 3.63) is 59.7 Å². The van der Waals surface area contributed by atoms with E-state index in [4.69, 9.17) is 15.2 Å². The summed E-state index contributed by atoms with van der Waals surface area (Å²) in [5, 5.41) is 0. The third-order valence-corrected chi connectivity index (χ3v) is 7.11. The van der Waals surface area contributed by atoms with Gasteiger partial charge in [-0.1, -0.05) is 24.3 Å². The molecule has 1 spiro atoms. The number of carbonyl (C=O) groups is 2. The molecule has 0 aliphatic carbocycles. The Balaban J connectivity index is 1.61. The summed E-state index contributed by atoms with van der Waals surface area (Å²) in [7, 11) is 5.30. The number of piperidine rings is 1. The summed E-state index contributed by atoms with van der Waals surface area (Å²) in [6.07, 6.45) is 1.68. The molecule has 2 aliphatic heterocycles. The summed E-state index contributed by atoms with van der Waals surface area (Å²) in [5.41, 5.74) is 7.02. The lowest BCUT2D eigenvalue weighted by Crippen LogP contribution is -2.56. The zero-order valence-electron chi connectivity index (χ0n) is 19.5. The first-order valence-corrected chi connectivity index (χ1v) is 11.2. The zero-order chi connectivity index (χ0) is 23.6. The van der Waals surface area contributed by atoms with E-state index >= 15 is 0 Å². The molecule has 2 aromatic rings. The topological polar surface area (TPSA) is 88.3 Å². The van der Waals surface area contributed by atoms with Crippen LogP contribution in [0.4, 0.5) is 4.79 Å². The van der Waals surface area contributed by atoms with Crippen molar-refractivity contribution in [2.45, 2.75) is 31.0 Å². The van der Waals surface area contributed by atoms with Crippen molar-refractivity contribution in [2.24, 2.45) is 5.73 Å². The Bertz CT molecular complexity index is 984. The van der Waals surface area contributed by atoms with E-state index in [1.807, 2.05) is 60.5 Å². The number of primary amides is 1. The van der Waals surface area contributed by atoms with Gasteiger partial charge in [-0.05, 0) is 61.7 Å². The maximum Gasteiger partial charge on any atom is 0.314 e. The fourth-order valence-corrected chi connectivity index (χ4v) is 5.08. The van der Waals surface area contributed by atoms with Gasteiger partial charge in [0.05, 0.1) is 14.2 Å². The van der Waals surface area contributed by atoms with Crippen molar-refractivity contribution in [3.8, 4) is 11.5 Å². The van der Waals surface area contributed by atoms with Crippen LogP contribution in [0.25, 0.3) is 0 Å². The molecule has 0 aromatic heterocycles. The number of ether oxygens (including phenoxy) is 2. The number of hydrogen-bond acceptors (Lipinski definition) is 5. The number of likely N-dealkylation sites (N-methyl/N-ethyl adjacent to an activating group) is 1. The number of nitrogens with zero attached hydrogens (tertiary/aromatic N) is 3. The van der Waals surface area contributed by atoms with Crippen LogP contribution in [0.1, 0.15) is 30.1 Å². The van der Waals surface area contributed by atoms with E-state index in [1.165, 1.54) is 0 Å². The quantitative estimate of drug-likeness (QED) is 0.728. The van der Waals surface area contributed by atoms with Gasteiger partial charge < -0.3 is 25.0 Å². The van der Waals surface area contributed by atoms with Gasteiger partial charge in [0.25, 0.3) is 0 Å². The molecule has 2 aromatic carbocycles. The summed E-state index contributed by atoms with van der Waals surface area (Å²) in [6.45, 7) is 1.55. The third kappa shape index (κ3) is 4.23. The minimum Gasteiger partial charge on any atom is -0.497 e. The second kappa shape index (κ2) is 9.31. The average Bonchev–Trinajstić information content (AvgIpc) is 3.04. The molecule has 8 nitrogen and oxygen atoms in total. The van der Waals surface area contributed by atoms with Crippen molar-refractivity contribution in [1.82, 2.24) is 14.7 Å². The summed E-state index contributed by atoms with van der Waals surface area (Å²) < 4.78 is 10.6. The largest absolute Gasteiger partial charge is 0.497 e. The van der Waals surface area contributed by atoms with Gasteiger partial charge in [0.2, 0.25) is 5.91 Å². The Hall–Kier alpha value is -3.26. The molecule has 176 valence electrons. The summed E-state index contributed by atoms with van der Waals surface area (Å²) in [6, 6.07) is 15.4. The smallest absolute Gasteiger partial charge is 0.314 e. The number of carbonyl (C=O) groups excluding carboxylic acids is 2. The average molecular weight is 453 g/mol. The summed E-state index contributed by atoms with van der Waals surface area (Å²) in [4.78, 5) is 31.3. The number of likely N-dealkylation sites (tertiary alicyclic amines) is 1. The standard InChI is InChI=1S/C25H32N4O4/c1-27-22(19-6-10-21(33-3)11-7-19)29(15-12-18-4-8-20(32-2)9-5-18)23(30)25(27)13-16-28(17-14-25)24(26)31/h4-11,22H,12-17H2,1-3H3,(H2,26,31). The highest BCUT2D eigenvalue weighted by Gasteiger charge is 2.56. The van der Waals surface area contributed by atoms with Crippen LogP contribution in [0, 0.1) is 0 Å². The van der Waals surface area contributed by atoms with Crippen LogP contribution in [-0.2, 0) is 11.2 Å². The van der Waals surface area contributed by atoms with Gasteiger partial charge in [-0.3, -0.25) is 9.69 Å². The van der Waals surface area contributed by atoms with Crippen LogP contribution >= 0.6 is 0 Å². The Kier molecular flexibility index (Phi) is 6.47. The molecule has 3 amide bonds. The SMILES string of the molecule is COc1ccc(CCN2C(=O)C3(CCN(C(N)=O)CC3)N(C)C2c2ccc(OC)cc2)cc1. The number of rotatable bonds is 6. The highest BCUT2D eigenvalue weighted by atomic mass is 16.5. The molecule has 2 aliphatic rings. The maximum absolute atomic E-state index is 13.9. The van der Waals surface area contributed by atoms with E-state index < -0.39 is 11.6 Å². The lowest BCUT2D eigenvalue weighted by atomic mass is 9.86. The molecule has 0 radical (unpaired) electrons. The molecule has 0 saturated carbocycles. The molecule has 1 unspecified atom stereocenters. The van der Waals surface area contributed by atoms with Gasteiger partial charge in [-0.25, -0.2) is 4.79 Å². The van der Waals surface area contributed by atoms with E-state index in [-0.39, 0.29) is 12.1 Å². The minimum absolute atomic E-state index is 0.114. The number of methoxy groups -OCH3 is 2. The number of hydrogen-bond donors (Lipinski definition) is 1. The Morgan fingerprint density at radius 3 is 2.06 bits per heavy atom. The second-order valence-corrected chi connectivity index (χ2v) is 8.71. The molecule has 4 rings (SSSR count). The van der Waals surface area contributed by atoms with Crippen LogP contribution in [-0.4, -0.2) is 73.1 Å². The summed E-state index contributed by atoms with van der Waals surface area (Å²) >= 11 is 0. The fourth-order valence-electron chi connectivity index (χ4n) is 5.08. The van der Waals surface area contributed by atoms with Crippen LogP contribution in [0.2, 0.25) is 0 Å². The van der Waals surface area contributed by atoms with Crippen molar-refractivity contribution in [2.75, 3.05) is 40.9 Å². The molecule has 2 heterocycles. The minimum atomic E-state index is -0.642. The van der Waals surface area contributed by atoms with Gasteiger partial charge in [0.15, 0.2) is 0 Å². The molecule has 0 bridgehead atoms. The molecular weight excluding hydrogens is 420 g/mol. The molecular formula is C25H32N4O4. The molecule has 2 N–H and O–H groups in total. The Morgan fingerprint density at radius 1 is 1.00 bits per heavy atom. The van der Waals surface area contributed by atoms with E-state index in [9.17, 15) is 9.59 Å². The van der Waals surface area contributed by atoms with Gasteiger partial charge in [-0.15, -0.1) is 0 Å². The van der Waals surface area contributed by atoms with Crippen molar-refractivity contribution in [3.63, 3.8) is 0 Å². The van der Waals surface area contributed by atoms with Gasteiger partial charge >= 0.3 is 6.03 Å². The van der Waals surface area contributed by atoms with Crippen LogP contribution in [0.15, 0.2) is 48.5 Å². The van der Waals surface area contributed by atoms with Crippen molar-refractivity contribution in [1.29, 1.82) is 0 Å². The van der Waals surface area contributed by atoms with Crippen LogP contribution < -0.4 is 15.2 Å². The molecule has 8 heteroatoms. The monoisotopic (exact) mass is 452 g/mol. The highest BCUT2D eigenvalue weighted by molar-refractivity contribution is 5.89. The van der Waals surface area contributed by atoms with Crippen LogP contribution in [0.5, 0.6) is 11.5 Å². The number of urea groups is 1. The number of benzene rings is 2. The highest BCUT2D eigenvalue weighted by Crippen LogP contribution is 2.44. The first-order valence-electron chi connectivity index (χ1n) is 11.2. The van der Waals surface area contributed by atoms with E-state index in [1.54, 1.807) is 19.1 Å². The molecule has 1 atom stereocenters. The van der Waals surface area contributed by atoms with Crippen LogP contribution in [0.3, 0.4) is 0 Å². The van der Waals surface area contributed by atoms with Gasteiger partial charge in [0.1, 0.15) is 23.2 Å². The first kappa shape index (κ1) is 22.9. The molecule has 2 saturated heterocycles. The van der Waals surface area contributed by atoms with E-state index in [0.717, 1.165) is 29.0 Å². The zero-order valence-corrected chi connectivity index (χ0v) is 19.5. The van der Waals surface area contributed by atoms with Crippen molar-refractivity contribution >= 4 is 11.9 Å². The fraction of sp³-hybridized carbons (Fsp3) is 0.440. The molecule has 2 fully saturated rings. The van der Waals surface area contributed by atoms with Gasteiger partial charge in [0, 0.05) is 19.6 Å². The van der Waals surface area contributed by atoms with E-state index in [0.29, 0.717) is 32.5 Å². The third-order valence-electron chi connectivity index (χ3n) is 7.11. The lowest BCUT2D eigenvalue weighted by molar-refractivity contribution is -0.135. The molecule has 33 heavy (non-hydrogen) atoms. The first-order chi connectivity index (χ1) is 15.9. The second-order valence-electron chi connectivity index (χ2n) is 8.71. The number of nitrogens with two attached hydrogens (primary N) is 1. The Labute approximate surface area is 194 Å². The summed E-state index contributed by atoms with van der Waals surface area (Å²) in [5.74, 6) is 1.70. The van der Waals surface area contributed by atoms with E-state index in [2.05, 4.69) is 4.90 Å². The predicted molar refractivity (Wildman–Crippen MR) is 125 cm³/mol. The van der Waals surface area contributed by atoms with Gasteiger partial charge in [-0.2, -0.15) is 0 Å². The Morgan fingerprint density at radius 2 is 1.55 bits per heavy atom. The number of amides is 3.